The molecular weight excluding hydrogens is 426 g/mol. The molecule has 6 nitrogen and oxygen atoms in total. The predicted octanol–water partition coefficient (Wildman–Crippen LogP) is 4.26. The molecule has 1 aromatic heterocycles. The van der Waals surface area contributed by atoms with Gasteiger partial charge in [-0.1, -0.05) is 23.7 Å². The van der Waals surface area contributed by atoms with Crippen molar-refractivity contribution in [2.45, 2.75) is 13.5 Å². The third-order valence-electron chi connectivity index (χ3n) is 5.10. The van der Waals surface area contributed by atoms with E-state index in [1.807, 2.05) is 4.90 Å². The molecule has 1 fully saturated rings. The smallest absolute Gasteiger partial charge is 0.260 e. The van der Waals surface area contributed by atoms with Crippen LogP contribution >= 0.6 is 11.6 Å². The molecule has 31 heavy (non-hydrogen) atoms. The number of hydrogen-bond donors (Lipinski definition) is 1. The largest absolute Gasteiger partial charge is 0.378 e. The summed E-state index contributed by atoms with van der Waals surface area (Å²) in [6.45, 7) is 4.30. The number of hydrogen-bond acceptors (Lipinski definition) is 4. The molecule has 1 amide bonds. The quantitative estimate of drug-likeness (QED) is 0.636. The number of anilines is 2. The Kier molecular flexibility index (Phi) is 6.20. The average molecular weight is 447 g/mol. The lowest BCUT2D eigenvalue weighted by Crippen LogP contribution is -2.36. The molecule has 0 atom stereocenters. The first-order valence-corrected chi connectivity index (χ1v) is 10.2. The van der Waals surface area contributed by atoms with E-state index in [9.17, 15) is 13.6 Å². The SMILES string of the molecule is Cc1nn(Cc2ccc(F)cc2)c(Cl)c1C(=O)Nc1ccc(N2CCOCC2)c(F)c1. The highest BCUT2D eigenvalue weighted by atomic mass is 35.5. The van der Waals surface area contributed by atoms with Gasteiger partial charge in [0.15, 0.2) is 0 Å². The fraction of sp³-hybridized carbons (Fsp3) is 0.273. The summed E-state index contributed by atoms with van der Waals surface area (Å²) < 4.78 is 34.5. The number of rotatable bonds is 5. The Hall–Kier alpha value is -2.97. The molecular formula is C22H21ClF2N4O2. The van der Waals surface area contributed by atoms with Crippen molar-refractivity contribution in [3.63, 3.8) is 0 Å². The van der Waals surface area contributed by atoms with E-state index in [0.717, 1.165) is 5.56 Å². The van der Waals surface area contributed by atoms with E-state index < -0.39 is 11.7 Å². The Balaban J connectivity index is 1.50. The lowest BCUT2D eigenvalue weighted by atomic mass is 10.2. The van der Waals surface area contributed by atoms with Gasteiger partial charge in [-0.3, -0.25) is 4.79 Å². The number of halogens is 3. The minimum atomic E-state index is -0.480. The number of morpholine rings is 1. The fourth-order valence-corrected chi connectivity index (χ4v) is 3.84. The van der Waals surface area contributed by atoms with Gasteiger partial charge < -0.3 is 15.0 Å². The first-order valence-electron chi connectivity index (χ1n) is 9.83. The maximum Gasteiger partial charge on any atom is 0.260 e. The summed E-state index contributed by atoms with van der Waals surface area (Å²) in [5.41, 5.74) is 2.24. The van der Waals surface area contributed by atoms with Gasteiger partial charge in [-0.05, 0) is 42.8 Å². The maximum atomic E-state index is 14.6. The number of ether oxygens (including phenoxy) is 1. The second kappa shape index (κ2) is 9.03. The number of carbonyl (C=O) groups excluding carboxylic acids is 1. The molecule has 0 aliphatic carbocycles. The Morgan fingerprint density at radius 3 is 2.55 bits per heavy atom. The van der Waals surface area contributed by atoms with Crippen molar-refractivity contribution < 1.29 is 18.3 Å². The molecule has 0 bridgehead atoms. The van der Waals surface area contributed by atoms with Gasteiger partial charge in [0.05, 0.1) is 36.7 Å². The van der Waals surface area contributed by atoms with Gasteiger partial charge in [-0.25, -0.2) is 13.5 Å². The van der Waals surface area contributed by atoms with Crippen LogP contribution in [0.1, 0.15) is 21.6 Å². The second-order valence-corrected chi connectivity index (χ2v) is 7.61. The van der Waals surface area contributed by atoms with Crippen LogP contribution in [0.25, 0.3) is 0 Å². The Morgan fingerprint density at radius 1 is 1.16 bits per heavy atom. The highest BCUT2D eigenvalue weighted by molar-refractivity contribution is 6.33. The van der Waals surface area contributed by atoms with Crippen molar-refractivity contribution in [2.24, 2.45) is 0 Å². The fourth-order valence-electron chi connectivity index (χ4n) is 3.52. The summed E-state index contributed by atoms with van der Waals surface area (Å²) in [7, 11) is 0. The van der Waals surface area contributed by atoms with Gasteiger partial charge in [0, 0.05) is 18.8 Å². The van der Waals surface area contributed by atoms with E-state index in [2.05, 4.69) is 10.4 Å². The first-order chi connectivity index (χ1) is 14.9. The summed E-state index contributed by atoms with van der Waals surface area (Å²) in [6, 6.07) is 10.5. The van der Waals surface area contributed by atoms with E-state index in [0.29, 0.717) is 43.4 Å². The van der Waals surface area contributed by atoms with Gasteiger partial charge in [0.1, 0.15) is 16.8 Å². The van der Waals surface area contributed by atoms with Crippen molar-refractivity contribution in [1.82, 2.24) is 9.78 Å². The molecule has 3 aromatic rings. The zero-order chi connectivity index (χ0) is 22.0. The van der Waals surface area contributed by atoms with Gasteiger partial charge >= 0.3 is 0 Å². The second-order valence-electron chi connectivity index (χ2n) is 7.26. The van der Waals surface area contributed by atoms with Gasteiger partial charge in [0.25, 0.3) is 5.91 Å². The molecule has 0 radical (unpaired) electrons. The van der Waals surface area contributed by atoms with Crippen molar-refractivity contribution in [2.75, 3.05) is 36.5 Å². The number of aromatic nitrogens is 2. The van der Waals surface area contributed by atoms with Crippen LogP contribution in [0.4, 0.5) is 20.2 Å². The average Bonchev–Trinajstić information content (AvgIpc) is 3.03. The minimum Gasteiger partial charge on any atom is -0.378 e. The number of benzene rings is 2. The zero-order valence-corrected chi connectivity index (χ0v) is 17.6. The van der Waals surface area contributed by atoms with E-state index in [1.54, 1.807) is 31.2 Å². The monoisotopic (exact) mass is 446 g/mol. The third kappa shape index (κ3) is 4.70. The zero-order valence-electron chi connectivity index (χ0n) is 16.9. The van der Waals surface area contributed by atoms with E-state index in [1.165, 1.54) is 22.9 Å². The third-order valence-corrected chi connectivity index (χ3v) is 5.48. The normalized spacial score (nSPS) is 14.0. The van der Waals surface area contributed by atoms with Crippen LogP contribution < -0.4 is 10.2 Å². The highest BCUT2D eigenvalue weighted by Gasteiger charge is 2.22. The predicted molar refractivity (Wildman–Crippen MR) is 115 cm³/mol. The molecule has 4 rings (SSSR count). The Bertz CT molecular complexity index is 1100. The van der Waals surface area contributed by atoms with Crippen molar-refractivity contribution >= 4 is 28.9 Å². The van der Waals surface area contributed by atoms with Crippen LogP contribution in [0, 0.1) is 18.6 Å². The molecule has 162 valence electrons. The molecule has 0 unspecified atom stereocenters. The molecule has 2 aromatic carbocycles. The standard InChI is InChI=1S/C22H21ClF2N4O2/c1-14-20(21(23)29(27-14)13-15-2-4-16(24)5-3-15)22(30)26-17-6-7-19(18(25)12-17)28-8-10-31-11-9-28/h2-7,12H,8-11,13H2,1H3,(H,26,30). The van der Waals surface area contributed by atoms with Crippen molar-refractivity contribution in [3.05, 3.63) is 76.1 Å². The number of carbonyl (C=O) groups is 1. The topological polar surface area (TPSA) is 59.4 Å². The van der Waals surface area contributed by atoms with Gasteiger partial charge in [0.2, 0.25) is 0 Å². The molecule has 1 aliphatic rings. The van der Waals surface area contributed by atoms with Crippen LogP contribution in [0.3, 0.4) is 0 Å². The molecule has 9 heteroatoms. The Morgan fingerprint density at radius 2 is 1.87 bits per heavy atom. The highest BCUT2D eigenvalue weighted by Crippen LogP contribution is 2.26. The van der Waals surface area contributed by atoms with Crippen LogP contribution in [0.15, 0.2) is 42.5 Å². The van der Waals surface area contributed by atoms with Crippen molar-refractivity contribution in [3.8, 4) is 0 Å². The molecule has 1 N–H and O–H groups in total. The number of amides is 1. The van der Waals surface area contributed by atoms with E-state index in [4.69, 9.17) is 16.3 Å². The minimum absolute atomic E-state index is 0.157. The lowest BCUT2D eigenvalue weighted by molar-refractivity contribution is 0.102. The lowest BCUT2D eigenvalue weighted by Gasteiger charge is -2.29. The van der Waals surface area contributed by atoms with E-state index >= 15 is 0 Å². The summed E-state index contributed by atoms with van der Waals surface area (Å²) in [6.07, 6.45) is 0. The van der Waals surface area contributed by atoms with Crippen LogP contribution in [0.2, 0.25) is 5.15 Å². The number of nitrogens with one attached hydrogen (secondary N) is 1. The maximum absolute atomic E-state index is 14.6. The van der Waals surface area contributed by atoms with Gasteiger partial charge in [-0.15, -0.1) is 0 Å². The summed E-state index contributed by atoms with van der Waals surface area (Å²) in [5.74, 6) is -1.24. The first kappa shape index (κ1) is 21.3. The summed E-state index contributed by atoms with van der Waals surface area (Å²) in [4.78, 5) is 14.7. The van der Waals surface area contributed by atoms with E-state index in [-0.39, 0.29) is 23.1 Å². The molecule has 2 heterocycles. The van der Waals surface area contributed by atoms with Crippen LogP contribution in [0.5, 0.6) is 0 Å². The number of aryl methyl sites for hydroxylation is 1. The molecule has 0 saturated carbocycles. The number of nitrogens with zero attached hydrogens (tertiary/aromatic N) is 3. The van der Waals surface area contributed by atoms with Gasteiger partial charge in [-0.2, -0.15) is 5.10 Å². The van der Waals surface area contributed by atoms with Crippen LogP contribution in [-0.2, 0) is 11.3 Å². The Labute approximate surface area is 183 Å². The van der Waals surface area contributed by atoms with Crippen LogP contribution in [-0.4, -0.2) is 42.0 Å². The van der Waals surface area contributed by atoms with Crippen molar-refractivity contribution in [1.29, 1.82) is 0 Å². The molecule has 0 spiro atoms. The summed E-state index contributed by atoms with van der Waals surface area (Å²) in [5, 5.41) is 7.16. The molecule has 1 saturated heterocycles. The summed E-state index contributed by atoms with van der Waals surface area (Å²) >= 11 is 6.40. The molecule has 1 aliphatic heterocycles.